The predicted octanol–water partition coefficient (Wildman–Crippen LogP) is 2.86. The average molecular weight is 292 g/mol. The lowest BCUT2D eigenvalue weighted by molar-refractivity contribution is 0.458. The van der Waals surface area contributed by atoms with Crippen LogP contribution in [0.5, 0.6) is 11.5 Å². The van der Waals surface area contributed by atoms with E-state index in [-0.39, 0.29) is 21.3 Å². The molecule has 106 valence electrons. The minimum atomic E-state index is -3.82. The summed E-state index contributed by atoms with van der Waals surface area (Å²) in [6.07, 6.45) is 0. The molecule has 2 rings (SSSR count). The van der Waals surface area contributed by atoms with Crippen molar-refractivity contribution in [2.24, 2.45) is 0 Å². The van der Waals surface area contributed by atoms with Gasteiger partial charge in [0.1, 0.15) is 16.4 Å². The molecule has 2 aromatic carbocycles. The summed E-state index contributed by atoms with van der Waals surface area (Å²) in [5, 5.41) is 19.4. The molecular weight excluding hydrogens is 276 g/mol. The maximum Gasteiger partial charge on any atom is 0.210 e. The van der Waals surface area contributed by atoms with Gasteiger partial charge in [-0.1, -0.05) is 6.07 Å². The molecule has 2 N–H and O–H groups in total. The van der Waals surface area contributed by atoms with Crippen molar-refractivity contribution in [3.8, 4) is 11.5 Å². The summed E-state index contributed by atoms with van der Waals surface area (Å²) in [5.41, 5.74) is 1.73. The summed E-state index contributed by atoms with van der Waals surface area (Å²) in [6, 6.07) is 7.15. The maximum absolute atomic E-state index is 12.6. The van der Waals surface area contributed by atoms with E-state index < -0.39 is 9.84 Å². The monoisotopic (exact) mass is 292 g/mol. The van der Waals surface area contributed by atoms with Crippen LogP contribution in [0.4, 0.5) is 0 Å². The second-order valence-corrected chi connectivity index (χ2v) is 6.69. The Balaban J connectivity index is 2.74. The molecule has 0 heterocycles. The van der Waals surface area contributed by atoms with Crippen LogP contribution in [0.25, 0.3) is 0 Å². The number of benzene rings is 2. The van der Waals surface area contributed by atoms with Crippen molar-refractivity contribution >= 4 is 9.84 Å². The van der Waals surface area contributed by atoms with Gasteiger partial charge in [0.15, 0.2) is 0 Å². The number of aryl methyl sites for hydroxylation is 1. The van der Waals surface area contributed by atoms with Gasteiger partial charge >= 0.3 is 0 Å². The first kappa shape index (κ1) is 14.4. The number of phenolic OH excluding ortho intramolecular Hbond substituents is 2. The second-order valence-electron chi connectivity index (χ2n) is 4.81. The summed E-state index contributed by atoms with van der Waals surface area (Å²) < 4.78 is 25.3. The zero-order valence-electron chi connectivity index (χ0n) is 11.5. The van der Waals surface area contributed by atoms with Gasteiger partial charge in [-0.25, -0.2) is 8.42 Å². The number of sulfone groups is 1. The summed E-state index contributed by atoms with van der Waals surface area (Å²) in [6.45, 7) is 5.04. The van der Waals surface area contributed by atoms with E-state index in [0.29, 0.717) is 11.1 Å². The molecule has 0 amide bonds. The molecule has 0 unspecified atom stereocenters. The Morgan fingerprint density at radius 3 is 2.05 bits per heavy atom. The topological polar surface area (TPSA) is 74.6 Å². The van der Waals surface area contributed by atoms with Crippen molar-refractivity contribution in [1.82, 2.24) is 0 Å². The van der Waals surface area contributed by atoms with Crippen molar-refractivity contribution in [2.75, 3.05) is 0 Å². The Labute approximate surface area is 118 Å². The van der Waals surface area contributed by atoms with E-state index in [1.165, 1.54) is 24.3 Å². The molecule has 0 aliphatic carbocycles. The fourth-order valence-corrected chi connectivity index (χ4v) is 3.75. The molecule has 5 heteroatoms. The summed E-state index contributed by atoms with van der Waals surface area (Å²) in [7, 11) is -3.82. The molecule has 0 radical (unpaired) electrons. The van der Waals surface area contributed by atoms with E-state index in [2.05, 4.69) is 0 Å². The molecule has 2 aromatic rings. The van der Waals surface area contributed by atoms with Crippen molar-refractivity contribution in [2.45, 2.75) is 30.6 Å². The van der Waals surface area contributed by atoms with Gasteiger partial charge in [-0.05, 0) is 61.7 Å². The van der Waals surface area contributed by atoms with Gasteiger partial charge in [0.25, 0.3) is 0 Å². The third-order valence-electron chi connectivity index (χ3n) is 3.40. The van der Waals surface area contributed by atoms with Crippen LogP contribution in [-0.4, -0.2) is 18.6 Å². The maximum atomic E-state index is 12.6. The molecule has 4 nitrogen and oxygen atoms in total. The molecule has 0 spiro atoms. The van der Waals surface area contributed by atoms with Crippen LogP contribution in [0.2, 0.25) is 0 Å². The Bertz CT molecular complexity index is 777. The first-order valence-corrected chi connectivity index (χ1v) is 7.57. The zero-order valence-corrected chi connectivity index (χ0v) is 12.3. The van der Waals surface area contributed by atoms with Crippen molar-refractivity contribution in [3.63, 3.8) is 0 Å². The van der Waals surface area contributed by atoms with Crippen LogP contribution in [-0.2, 0) is 9.84 Å². The molecule has 0 bridgehead atoms. The van der Waals surface area contributed by atoms with Crippen LogP contribution in [0.3, 0.4) is 0 Å². The SMILES string of the molecule is Cc1ccc(O)c(S(=O)(=O)c2ccc(O)c(C)c2C)c1. The lowest BCUT2D eigenvalue weighted by atomic mass is 10.1. The lowest BCUT2D eigenvalue weighted by Gasteiger charge is -2.12. The van der Waals surface area contributed by atoms with Crippen molar-refractivity contribution < 1.29 is 18.6 Å². The molecule has 0 saturated carbocycles. The number of hydrogen-bond donors (Lipinski definition) is 2. The summed E-state index contributed by atoms with van der Waals surface area (Å²) in [4.78, 5) is -0.0283. The molecule has 0 aliphatic rings. The highest BCUT2D eigenvalue weighted by Gasteiger charge is 2.24. The number of aromatic hydroxyl groups is 2. The van der Waals surface area contributed by atoms with Crippen LogP contribution < -0.4 is 0 Å². The summed E-state index contributed by atoms with van der Waals surface area (Å²) >= 11 is 0. The van der Waals surface area contributed by atoms with E-state index in [1.807, 2.05) is 0 Å². The fraction of sp³-hybridized carbons (Fsp3) is 0.200. The molecule has 0 saturated heterocycles. The molecule has 0 aromatic heterocycles. The van der Waals surface area contributed by atoms with Crippen LogP contribution in [0, 0.1) is 20.8 Å². The number of rotatable bonds is 2. The largest absolute Gasteiger partial charge is 0.508 e. The smallest absolute Gasteiger partial charge is 0.210 e. The van der Waals surface area contributed by atoms with Crippen LogP contribution >= 0.6 is 0 Å². The van der Waals surface area contributed by atoms with E-state index in [1.54, 1.807) is 26.8 Å². The zero-order chi connectivity index (χ0) is 15.1. The third-order valence-corrected chi connectivity index (χ3v) is 5.33. The standard InChI is InChI=1S/C15H16O4S/c1-9-4-5-13(17)15(8-9)20(18,19)14-7-6-12(16)10(2)11(14)3/h4-8,16-17H,1-3H3. The van der Waals surface area contributed by atoms with E-state index >= 15 is 0 Å². The second kappa shape index (κ2) is 4.83. The molecule has 0 aliphatic heterocycles. The Hall–Kier alpha value is -2.01. The Morgan fingerprint density at radius 1 is 0.800 bits per heavy atom. The molecule has 20 heavy (non-hydrogen) atoms. The van der Waals surface area contributed by atoms with Gasteiger partial charge in [0.2, 0.25) is 9.84 Å². The summed E-state index contributed by atoms with van der Waals surface area (Å²) in [5.74, 6) is -0.226. The fourth-order valence-electron chi connectivity index (χ4n) is 2.03. The van der Waals surface area contributed by atoms with Crippen molar-refractivity contribution in [1.29, 1.82) is 0 Å². The third kappa shape index (κ3) is 2.25. The van der Waals surface area contributed by atoms with Gasteiger partial charge in [-0.3, -0.25) is 0 Å². The molecule has 0 atom stereocenters. The predicted molar refractivity (Wildman–Crippen MR) is 75.9 cm³/mol. The van der Waals surface area contributed by atoms with Gasteiger partial charge < -0.3 is 10.2 Å². The van der Waals surface area contributed by atoms with Gasteiger partial charge in [-0.15, -0.1) is 0 Å². The minimum absolute atomic E-state index is 0.0508. The first-order chi connectivity index (χ1) is 9.25. The average Bonchev–Trinajstić information content (AvgIpc) is 2.38. The highest BCUT2D eigenvalue weighted by Crippen LogP contribution is 2.33. The normalized spacial score (nSPS) is 11.6. The molecular formula is C15H16O4S. The number of hydrogen-bond acceptors (Lipinski definition) is 4. The quantitative estimate of drug-likeness (QED) is 0.892. The minimum Gasteiger partial charge on any atom is -0.508 e. The highest BCUT2D eigenvalue weighted by atomic mass is 32.2. The van der Waals surface area contributed by atoms with Gasteiger partial charge in [0.05, 0.1) is 4.90 Å². The van der Waals surface area contributed by atoms with Crippen LogP contribution in [0.1, 0.15) is 16.7 Å². The van der Waals surface area contributed by atoms with E-state index in [9.17, 15) is 18.6 Å². The van der Waals surface area contributed by atoms with Crippen LogP contribution in [0.15, 0.2) is 40.1 Å². The highest BCUT2D eigenvalue weighted by molar-refractivity contribution is 7.91. The Kier molecular flexibility index (Phi) is 3.48. The van der Waals surface area contributed by atoms with E-state index in [0.717, 1.165) is 5.56 Å². The number of phenols is 2. The van der Waals surface area contributed by atoms with Crippen molar-refractivity contribution in [3.05, 3.63) is 47.0 Å². The van der Waals surface area contributed by atoms with Gasteiger partial charge in [0, 0.05) is 0 Å². The van der Waals surface area contributed by atoms with Gasteiger partial charge in [-0.2, -0.15) is 0 Å². The lowest BCUT2D eigenvalue weighted by Crippen LogP contribution is -2.06. The molecule has 0 fully saturated rings. The van der Waals surface area contributed by atoms with E-state index in [4.69, 9.17) is 0 Å². The Morgan fingerprint density at radius 2 is 1.40 bits per heavy atom. The first-order valence-electron chi connectivity index (χ1n) is 6.09.